The maximum Gasteiger partial charge on any atom is 0.295 e. The monoisotopic (exact) mass is 266 g/mol. The van der Waals surface area contributed by atoms with Crippen molar-refractivity contribution in [2.24, 2.45) is 0 Å². The van der Waals surface area contributed by atoms with Crippen molar-refractivity contribution in [3.8, 4) is 0 Å². The van der Waals surface area contributed by atoms with Gasteiger partial charge in [0.15, 0.2) is 5.82 Å². The summed E-state index contributed by atoms with van der Waals surface area (Å²) in [6.07, 6.45) is 0. The number of para-hydroxylation sites is 1. The summed E-state index contributed by atoms with van der Waals surface area (Å²) in [5, 5.41) is 22.2. The molecule has 0 aliphatic rings. The molecule has 0 radical (unpaired) electrons. The normalized spacial score (nSPS) is 10.4. The number of benzene rings is 1. The second-order valence-electron chi connectivity index (χ2n) is 3.77. The number of nitrogens with zero attached hydrogens (tertiary/aromatic N) is 1. The second-order valence-corrected chi connectivity index (χ2v) is 3.77. The number of rotatable bonds is 5. The highest BCUT2D eigenvalue weighted by molar-refractivity contribution is 5.62. The van der Waals surface area contributed by atoms with Crippen LogP contribution in [0.5, 0.6) is 0 Å². The van der Waals surface area contributed by atoms with Crippen LogP contribution >= 0.6 is 0 Å². The van der Waals surface area contributed by atoms with Crippen molar-refractivity contribution in [1.82, 2.24) is 0 Å². The molecule has 2 aromatic rings. The van der Waals surface area contributed by atoms with Gasteiger partial charge in [0, 0.05) is 6.07 Å². The zero-order valence-electron chi connectivity index (χ0n) is 9.80. The fourth-order valence-electron chi connectivity index (χ4n) is 1.62. The number of hydrogen-bond acceptors (Lipinski definition) is 5. The van der Waals surface area contributed by atoms with Crippen LogP contribution in [0.4, 0.5) is 15.8 Å². The summed E-state index contributed by atoms with van der Waals surface area (Å²) in [7, 11) is 0. The third-order valence-electron chi connectivity index (χ3n) is 2.50. The number of nitro groups is 1. The van der Waals surface area contributed by atoms with Crippen molar-refractivity contribution < 1.29 is 18.8 Å². The lowest BCUT2D eigenvalue weighted by molar-refractivity contribution is -0.384. The number of aliphatic hydroxyl groups excluding tert-OH is 1. The third-order valence-corrected chi connectivity index (χ3v) is 2.50. The van der Waals surface area contributed by atoms with Gasteiger partial charge in [-0.2, -0.15) is 0 Å². The first-order chi connectivity index (χ1) is 9.11. The summed E-state index contributed by atoms with van der Waals surface area (Å²) >= 11 is 0. The number of nitrogens with one attached hydrogen (secondary N) is 1. The Labute approximate surface area is 107 Å². The summed E-state index contributed by atoms with van der Waals surface area (Å²) in [5.74, 6) is 0.115. The SMILES string of the molecule is O=[N+]([O-])c1cccc(F)c1NCc1ccc(CO)o1. The summed E-state index contributed by atoms with van der Waals surface area (Å²) in [6, 6.07) is 6.80. The van der Waals surface area contributed by atoms with E-state index in [0.717, 1.165) is 6.07 Å². The van der Waals surface area contributed by atoms with E-state index in [1.165, 1.54) is 12.1 Å². The van der Waals surface area contributed by atoms with Crippen LogP contribution in [0.2, 0.25) is 0 Å². The van der Waals surface area contributed by atoms with Crippen LogP contribution in [0.15, 0.2) is 34.7 Å². The second kappa shape index (κ2) is 5.49. The molecular weight excluding hydrogens is 255 g/mol. The molecule has 6 nitrogen and oxygen atoms in total. The Kier molecular flexibility index (Phi) is 3.76. The van der Waals surface area contributed by atoms with Crippen LogP contribution in [0.25, 0.3) is 0 Å². The van der Waals surface area contributed by atoms with Gasteiger partial charge in [-0.1, -0.05) is 6.07 Å². The quantitative estimate of drug-likeness (QED) is 0.641. The number of furan rings is 1. The van der Waals surface area contributed by atoms with Crippen molar-refractivity contribution >= 4 is 11.4 Å². The molecule has 0 bridgehead atoms. The topological polar surface area (TPSA) is 88.5 Å². The van der Waals surface area contributed by atoms with Crippen LogP contribution in [0.3, 0.4) is 0 Å². The average Bonchev–Trinajstić information content (AvgIpc) is 2.85. The third kappa shape index (κ3) is 2.89. The van der Waals surface area contributed by atoms with Gasteiger partial charge in [-0.25, -0.2) is 4.39 Å². The van der Waals surface area contributed by atoms with E-state index in [1.54, 1.807) is 12.1 Å². The molecule has 0 aliphatic carbocycles. The smallest absolute Gasteiger partial charge is 0.295 e. The van der Waals surface area contributed by atoms with Crippen molar-refractivity contribution in [3.63, 3.8) is 0 Å². The zero-order chi connectivity index (χ0) is 13.8. The van der Waals surface area contributed by atoms with Crippen LogP contribution in [-0.4, -0.2) is 10.0 Å². The minimum atomic E-state index is -0.705. The number of halogens is 1. The molecule has 1 aromatic carbocycles. The lowest BCUT2D eigenvalue weighted by Gasteiger charge is -2.06. The van der Waals surface area contributed by atoms with E-state index in [1.807, 2.05) is 0 Å². The molecule has 0 atom stereocenters. The van der Waals surface area contributed by atoms with Gasteiger partial charge in [0.2, 0.25) is 0 Å². The molecule has 0 saturated heterocycles. The Morgan fingerprint density at radius 3 is 2.68 bits per heavy atom. The van der Waals surface area contributed by atoms with E-state index < -0.39 is 10.7 Å². The molecule has 19 heavy (non-hydrogen) atoms. The van der Waals surface area contributed by atoms with Crippen LogP contribution in [-0.2, 0) is 13.2 Å². The molecular formula is C12H11FN2O4. The molecule has 0 saturated carbocycles. The first-order valence-electron chi connectivity index (χ1n) is 5.47. The minimum absolute atomic E-state index is 0.0851. The van der Waals surface area contributed by atoms with E-state index in [2.05, 4.69) is 5.32 Å². The van der Waals surface area contributed by atoms with E-state index in [9.17, 15) is 14.5 Å². The highest BCUT2D eigenvalue weighted by atomic mass is 19.1. The Bertz CT molecular complexity index is 597. The lowest BCUT2D eigenvalue weighted by atomic mass is 10.2. The maximum atomic E-state index is 13.5. The van der Waals surface area contributed by atoms with Gasteiger partial charge >= 0.3 is 0 Å². The molecule has 2 rings (SSSR count). The Morgan fingerprint density at radius 1 is 1.32 bits per heavy atom. The van der Waals surface area contributed by atoms with Crippen molar-refractivity contribution in [3.05, 3.63) is 57.8 Å². The minimum Gasteiger partial charge on any atom is -0.462 e. The van der Waals surface area contributed by atoms with Gasteiger partial charge in [0.05, 0.1) is 11.5 Å². The van der Waals surface area contributed by atoms with Gasteiger partial charge in [-0.15, -0.1) is 0 Å². The zero-order valence-corrected chi connectivity index (χ0v) is 9.80. The van der Waals surface area contributed by atoms with E-state index in [-0.39, 0.29) is 24.5 Å². The Balaban J connectivity index is 2.17. The standard InChI is InChI=1S/C12H11FN2O4/c13-10-2-1-3-11(15(17)18)12(10)14-6-8-4-5-9(7-16)19-8/h1-5,14,16H,6-7H2. The summed E-state index contributed by atoms with van der Waals surface area (Å²) in [5.41, 5.74) is -0.525. The van der Waals surface area contributed by atoms with Crippen LogP contribution < -0.4 is 5.32 Å². The molecule has 0 spiro atoms. The fourth-order valence-corrected chi connectivity index (χ4v) is 1.62. The van der Waals surface area contributed by atoms with E-state index in [0.29, 0.717) is 11.5 Å². The first kappa shape index (κ1) is 13.0. The highest BCUT2D eigenvalue weighted by Gasteiger charge is 2.17. The average molecular weight is 266 g/mol. The molecule has 1 heterocycles. The molecule has 2 N–H and O–H groups in total. The molecule has 1 aromatic heterocycles. The van der Waals surface area contributed by atoms with E-state index >= 15 is 0 Å². The lowest BCUT2D eigenvalue weighted by Crippen LogP contribution is -2.04. The highest BCUT2D eigenvalue weighted by Crippen LogP contribution is 2.27. The molecule has 0 aliphatic heterocycles. The Morgan fingerprint density at radius 2 is 2.05 bits per heavy atom. The van der Waals surface area contributed by atoms with Crippen molar-refractivity contribution in [2.75, 3.05) is 5.32 Å². The molecule has 0 unspecified atom stereocenters. The number of hydrogen-bond donors (Lipinski definition) is 2. The molecule has 100 valence electrons. The molecule has 0 amide bonds. The van der Waals surface area contributed by atoms with Crippen LogP contribution in [0.1, 0.15) is 11.5 Å². The van der Waals surface area contributed by atoms with Gasteiger partial charge in [0.1, 0.15) is 23.8 Å². The fraction of sp³-hybridized carbons (Fsp3) is 0.167. The largest absolute Gasteiger partial charge is 0.462 e. The maximum absolute atomic E-state index is 13.5. The predicted molar refractivity (Wildman–Crippen MR) is 65.0 cm³/mol. The summed E-state index contributed by atoms with van der Waals surface area (Å²) < 4.78 is 18.7. The van der Waals surface area contributed by atoms with Gasteiger partial charge in [-0.05, 0) is 18.2 Å². The summed E-state index contributed by atoms with van der Waals surface area (Å²) in [6.45, 7) is -0.151. The first-order valence-corrected chi connectivity index (χ1v) is 5.47. The van der Waals surface area contributed by atoms with E-state index in [4.69, 9.17) is 9.52 Å². The number of aliphatic hydroxyl groups is 1. The predicted octanol–water partition coefficient (Wildman–Crippen LogP) is 2.43. The van der Waals surface area contributed by atoms with Crippen LogP contribution in [0, 0.1) is 15.9 Å². The van der Waals surface area contributed by atoms with Crippen molar-refractivity contribution in [2.45, 2.75) is 13.2 Å². The number of anilines is 1. The van der Waals surface area contributed by atoms with Gasteiger partial charge < -0.3 is 14.8 Å². The van der Waals surface area contributed by atoms with Gasteiger partial charge in [0.25, 0.3) is 5.69 Å². The molecule has 0 fully saturated rings. The molecule has 7 heteroatoms. The summed E-state index contributed by atoms with van der Waals surface area (Å²) in [4.78, 5) is 10.1. The Hall–Kier alpha value is -2.41. The van der Waals surface area contributed by atoms with Gasteiger partial charge in [-0.3, -0.25) is 10.1 Å². The van der Waals surface area contributed by atoms with Crippen molar-refractivity contribution in [1.29, 1.82) is 0 Å². The number of nitro benzene ring substituents is 1.